The number of nitrogens with zero attached hydrogens (tertiary/aromatic N) is 1. The van der Waals surface area contributed by atoms with E-state index in [1.54, 1.807) is 12.1 Å². The summed E-state index contributed by atoms with van der Waals surface area (Å²) < 4.78 is 18.6. The predicted octanol–water partition coefficient (Wildman–Crippen LogP) is 4.61. The molecule has 0 saturated heterocycles. The lowest BCUT2D eigenvalue weighted by Gasteiger charge is -2.08. The number of fused-ring (bicyclic) bond motifs is 1. The minimum absolute atomic E-state index is 0.250. The molecule has 2 aromatic carbocycles. The summed E-state index contributed by atoms with van der Waals surface area (Å²) in [5.41, 5.74) is 1.61. The van der Waals surface area contributed by atoms with Gasteiger partial charge in [0.2, 0.25) is 0 Å². The molecule has 3 rings (SSSR count). The Kier molecular flexibility index (Phi) is 3.52. The Morgan fingerprint density at radius 2 is 1.90 bits per heavy atom. The molecule has 1 heterocycles. The maximum Gasteiger partial charge on any atom is 0.136 e. The summed E-state index contributed by atoms with van der Waals surface area (Å²) in [5.74, 6) is 0.138. The van der Waals surface area contributed by atoms with Gasteiger partial charge in [0.15, 0.2) is 0 Å². The van der Waals surface area contributed by atoms with Crippen molar-refractivity contribution in [2.45, 2.75) is 6.61 Å². The van der Waals surface area contributed by atoms with Gasteiger partial charge in [-0.15, -0.1) is 0 Å². The summed E-state index contributed by atoms with van der Waals surface area (Å²) in [5, 5.41) is 1.40. The minimum Gasteiger partial charge on any atom is -0.489 e. The van der Waals surface area contributed by atoms with Crippen molar-refractivity contribution >= 4 is 22.5 Å². The largest absolute Gasteiger partial charge is 0.489 e. The molecule has 20 heavy (non-hydrogen) atoms. The molecule has 0 N–H and O–H groups in total. The fourth-order valence-electron chi connectivity index (χ4n) is 1.96. The Balaban J connectivity index is 1.85. The zero-order valence-corrected chi connectivity index (χ0v) is 11.3. The van der Waals surface area contributed by atoms with Gasteiger partial charge in [0.25, 0.3) is 0 Å². The van der Waals surface area contributed by atoms with Crippen LogP contribution in [0.4, 0.5) is 4.39 Å². The van der Waals surface area contributed by atoms with Crippen molar-refractivity contribution in [3.63, 3.8) is 0 Å². The normalized spacial score (nSPS) is 10.7. The number of hydrogen-bond donors (Lipinski definition) is 0. The average molecular weight is 288 g/mol. The highest BCUT2D eigenvalue weighted by Crippen LogP contribution is 2.22. The van der Waals surface area contributed by atoms with E-state index in [4.69, 9.17) is 16.3 Å². The quantitative estimate of drug-likeness (QED) is 0.657. The first-order chi connectivity index (χ1) is 9.72. The molecule has 0 spiro atoms. The van der Waals surface area contributed by atoms with Crippen LogP contribution in [-0.4, -0.2) is 4.98 Å². The van der Waals surface area contributed by atoms with E-state index in [9.17, 15) is 4.39 Å². The Morgan fingerprint density at radius 3 is 2.75 bits per heavy atom. The van der Waals surface area contributed by atoms with Crippen LogP contribution in [0.5, 0.6) is 5.75 Å². The van der Waals surface area contributed by atoms with Crippen molar-refractivity contribution in [3.8, 4) is 5.75 Å². The molecule has 0 aliphatic heterocycles. The molecular weight excluding hydrogens is 277 g/mol. The van der Waals surface area contributed by atoms with Gasteiger partial charge in [-0.3, -0.25) is 0 Å². The molecule has 0 atom stereocenters. The Labute approximate surface area is 120 Å². The van der Waals surface area contributed by atoms with Gasteiger partial charge < -0.3 is 4.74 Å². The van der Waals surface area contributed by atoms with E-state index in [-0.39, 0.29) is 12.4 Å². The van der Waals surface area contributed by atoms with E-state index >= 15 is 0 Å². The molecule has 0 unspecified atom stereocenters. The Morgan fingerprint density at radius 1 is 1.05 bits per heavy atom. The predicted molar refractivity (Wildman–Crippen MR) is 77.5 cm³/mol. The van der Waals surface area contributed by atoms with E-state index in [1.165, 1.54) is 12.1 Å². The van der Waals surface area contributed by atoms with Crippen molar-refractivity contribution in [1.29, 1.82) is 0 Å². The van der Waals surface area contributed by atoms with E-state index in [0.29, 0.717) is 10.9 Å². The van der Waals surface area contributed by atoms with Crippen molar-refractivity contribution in [3.05, 3.63) is 71.1 Å². The van der Waals surface area contributed by atoms with Crippen LogP contribution in [-0.2, 0) is 6.61 Å². The lowest BCUT2D eigenvalue weighted by molar-refractivity contribution is 0.304. The molecule has 4 heteroatoms. The third-order valence-corrected chi connectivity index (χ3v) is 3.27. The first kappa shape index (κ1) is 12.9. The zero-order chi connectivity index (χ0) is 13.9. The number of aromatic nitrogens is 1. The average Bonchev–Trinajstić information content (AvgIpc) is 2.45. The number of ether oxygens (including phenoxy) is 1. The second-order valence-electron chi connectivity index (χ2n) is 4.38. The molecule has 1 aromatic heterocycles. The van der Waals surface area contributed by atoms with Crippen LogP contribution >= 0.6 is 11.6 Å². The summed E-state index contributed by atoms with van der Waals surface area (Å²) >= 11 is 6.14. The van der Waals surface area contributed by atoms with Gasteiger partial charge in [-0.1, -0.05) is 35.9 Å². The topological polar surface area (TPSA) is 22.1 Å². The summed E-state index contributed by atoms with van der Waals surface area (Å²) in [4.78, 5) is 4.32. The molecule has 0 amide bonds. The third-order valence-electron chi connectivity index (χ3n) is 2.94. The Hall–Kier alpha value is -2.13. The lowest BCUT2D eigenvalue weighted by atomic mass is 10.2. The summed E-state index contributed by atoms with van der Waals surface area (Å²) in [6.45, 7) is 0.250. The SMILES string of the molecule is Fc1cccc(OCc2cc3ccccc3nc2Cl)c1. The molecule has 0 aliphatic carbocycles. The van der Waals surface area contributed by atoms with Crippen molar-refractivity contribution < 1.29 is 9.13 Å². The number of halogens is 2. The van der Waals surface area contributed by atoms with Crippen LogP contribution in [0, 0.1) is 5.82 Å². The summed E-state index contributed by atoms with van der Waals surface area (Å²) in [6, 6.07) is 15.7. The van der Waals surface area contributed by atoms with Crippen LogP contribution in [0.25, 0.3) is 10.9 Å². The van der Waals surface area contributed by atoms with Crippen molar-refractivity contribution in [1.82, 2.24) is 4.98 Å². The Bertz CT molecular complexity index is 760. The van der Waals surface area contributed by atoms with E-state index < -0.39 is 0 Å². The lowest BCUT2D eigenvalue weighted by Crippen LogP contribution is -1.98. The molecule has 0 radical (unpaired) electrons. The van der Waals surface area contributed by atoms with Gasteiger partial charge in [0, 0.05) is 17.0 Å². The highest BCUT2D eigenvalue weighted by Gasteiger charge is 2.06. The third kappa shape index (κ3) is 2.73. The van der Waals surface area contributed by atoms with Crippen molar-refractivity contribution in [2.75, 3.05) is 0 Å². The van der Waals surface area contributed by atoms with Crippen molar-refractivity contribution in [2.24, 2.45) is 0 Å². The van der Waals surface area contributed by atoms with Crippen LogP contribution < -0.4 is 4.74 Å². The maximum absolute atomic E-state index is 13.1. The van der Waals surface area contributed by atoms with E-state index in [0.717, 1.165) is 16.5 Å². The van der Waals surface area contributed by atoms with Gasteiger partial charge >= 0.3 is 0 Å². The molecule has 100 valence electrons. The maximum atomic E-state index is 13.1. The number of rotatable bonds is 3. The van der Waals surface area contributed by atoms with Crippen LogP contribution in [0.2, 0.25) is 5.15 Å². The van der Waals surface area contributed by atoms with Crippen LogP contribution in [0.3, 0.4) is 0 Å². The monoisotopic (exact) mass is 287 g/mol. The second kappa shape index (κ2) is 5.47. The van der Waals surface area contributed by atoms with Gasteiger partial charge in [0.05, 0.1) is 5.52 Å². The highest BCUT2D eigenvalue weighted by atomic mass is 35.5. The molecule has 0 fully saturated rings. The van der Waals surface area contributed by atoms with Gasteiger partial charge in [-0.25, -0.2) is 9.37 Å². The second-order valence-corrected chi connectivity index (χ2v) is 4.74. The van der Waals surface area contributed by atoms with Gasteiger partial charge in [-0.05, 0) is 24.3 Å². The number of benzene rings is 2. The minimum atomic E-state index is -0.328. The molecule has 0 bridgehead atoms. The molecule has 2 nitrogen and oxygen atoms in total. The molecule has 0 aliphatic rings. The smallest absolute Gasteiger partial charge is 0.136 e. The fourth-order valence-corrected chi connectivity index (χ4v) is 2.16. The summed E-state index contributed by atoms with van der Waals surface area (Å²) in [7, 11) is 0. The number of para-hydroxylation sites is 1. The molecule has 0 saturated carbocycles. The number of hydrogen-bond acceptors (Lipinski definition) is 2. The molecule has 3 aromatic rings. The molecular formula is C16H11ClFNO. The standard InChI is InChI=1S/C16H11ClFNO/c17-16-12(8-11-4-1-2-7-15(11)19-16)10-20-14-6-3-5-13(18)9-14/h1-9H,10H2. The summed E-state index contributed by atoms with van der Waals surface area (Å²) in [6.07, 6.45) is 0. The zero-order valence-electron chi connectivity index (χ0n) is 10.5. The van der Waals surface area contributed by atoms with Crippen LogP contribution in [0.15, 0.2) is 54.6 Å². The van der Waals surface area contributed by atoms with E-state index in [2.05, 4.69) is 4.98 Å². The van der Waals surface area contributed by atoms with Gasteiger partial charge in [0.1, 0.15) is 23.3 Å². The number of pyridine rings is 1. The highest BCUT2D eigenvalue weighted by molar-refractivity contribution is 6.30. The fraction of sp³-hybridized carbons (Fsp3) is 0.0625. The van der Waals surface area contributed by atoms with Gasteiger partial charge in [-0.2, -0.15) is 0 Å². The first-order valence-corrected chi connectivity index (χ1v) is 6.53. The first-order valence-electron chi connectivity index (χ1n) is 6.15. The van der Waals surface area contributed by atoms with Crippen LogP contribution in [0.1, 0.15) is 5.56 Å². The van der Waals surface area contributed by atoms with E-state index in [1.807, 2.05) is 30.3 Å².